The first-order chi connectivity index (χ1) is 23.3. The van der Waals surface area contributed by atoms with Gasteiger partial charge in [-0.25, -0.2) is 0 Å². The Morgan fingerprint density at radius 3 is 2.08 bits per heavy atom. The van der Waals surface area contributed by atoms with Crippen LogP contribution in [0.25, 0.3) is 43.4 Å². The molecule has 1 radical (unpaired) electrons. The predicted molar refractivity (Wildman–Crippen MR) is 213 cm³/mol. The summed E-state index contributed by atoms with van der Waals surface area (Å²) in [5.41, 5.74) is 7.31. The monoisotopic (exact) mass is 867 g/mol. The second kappa shape index (κ2) is 18.4. The summed E-state index contributed by atoms with van der Waals surface area (Å²) in [5.74, 6) is 1.20. The molecule has 50 heavy (non-hydrogen) atoms. The van der Waals surface area contributed by atoms with Gasteiger partial charge in [0.25, 0.3) is 0 Å². The molecule has 5 rings (SSSR count). The molecule has 5 heteroatoms. The molecule has 3 nitrogen and oxygen atoms in total. The Balaban J connectivity index is 0.000000361. The van der Waals surface area contributed by atoms with Crippen LogP contribution in [0.15, 0.2) is 78.6 Å². The van der Waals surface area contributed by atoms with E-state index in [0.717, 1.165) is 53.6 Å². The molecule has 3 aromatic carbocycles. The molecule has 0 saturated heterocycles. The maximum Gasteiger partial charge on any atom is 0.162 e. The van der Waals surface area contributed by atoms with Crippen molar-refractivity contribution in [1.82, 2.24) is 4.98 Å². The number of benzene rings is 3. The van der Waals surface area contributed by atoms with Crippen molar-refractivity contribution in [2.75, 3.05) is 0 Å². The van der Waals surface area contributed by atoms with Gasteiger partial charge in [0.2, 0.25) is 0 Å². The number of pyridine rings is 1. The molecule has 0 aliphatic heterocycles. The molecular formula is C45H56IrNO2S-. The number of hydrogen-bond acceptors (Lipinski definition) is 4. The van der Waals surface area contributed by atoms with Crippen LogP contribution in [0.1, 0.15) is 104 Å². The third-order valence-corrected chi connectivity index (χ3v) is 10.4. The van der Waals surface area contributed by atoms with Crippen molar-refractivity contribution in [3.8, 4) is 22.4 Å². The minimum atomic E-state index is 0. The smallest absolute Gasteiger partial charge is 0.162 e. The van der Waals surface area contributed by atoms with Crippen molar-refractivity contribution < 1.29 is 30.0 Å². The Kier molecular flexibility index (Phi) is 15.2. The number of carbonyl (C=O) groups is 1. The van der Waals surface area contributed by atoms with Crippen LogP contribution in [0, 0.1) is 30.7 Å². The maximum atomic E-state index is 11.7. The van der Waals surface area contributed by atoms with Gasteiger partial charge in [0.15, 0.2) is 5.78 Å². The van der Waals surface area contributed by atoms with Crippen LogP contribution < -0.4 is 0 Å². The number of carbonyl (C=O) groups excluding carboxylic acids is 1. The topological polar surface area (TPSA) is 50.2 Å². The van der Waals surface area contributed by atoms with Gasteiger partial charge < -0.3 is 5.11 Å². The first kappa shape index (κ1) is 41.3. The molecule has 0 bridgehead atoms. The zero-order chi connectivity index (χ0) is 35.9. The summed E-state index contributed by atoms with van der Waals surface area (Å²) in [5, 5.41) is 13.4. The first-order valence-corrected chi connectivity index (χ1v) is 19.0. The molecule has 0 fully saturated rings. The molecule has 0 atom stereocenters. The zero-order valence-electron chi connectivity index (χ0n) is 31.7. The molecular weight excluding hydrogens is 811 g/mol. The van der Waals surface area contributed by atoms with E-state index in [0.29, 0.717) is 5.92 Å². The Morgan fingerprint density at radius 1 is 0.880 bits per heavy atom. The molecule has 0 unspecified atom stereocenters. The number of fused-ring (bicyclic) bond motifs is 2. The number of aliphatic hydroxyl groups is 1. The molecule has 0 amide bonds. The van der Waals surface area contributed by atoms with E-state index in [-0.39, 0.29) is 48.9 Å². The number of hydrogen-bond donors (Lipinski definition) is 1. The van der Waals surface area contributed by atoms with Crippen molar-refractivity contribution >= 4 is 38.1 Å². The Morgan fingerprint density at radius 2 is 1.50 bits per heavy atom. The van der Waals surface area contributed by atoms with Crippen LogP contribution in [0.2, 0.25) is 0 Å². The van der Waals surface area contributed by atoms with Gasteiger partial charge in [0, 0.05) is 54.0 Å². The van der Waals surface area contributed by atoms with E-state index in [4.69, 9.17) is 4.98 Å². The molecule has 1 N–H and O–H groups in total. The van der Waals surface area contributed by atoms with Gasteiger partial charge >= 0.3 is 0 Å². The normalized spacial score (nSPS) is 12.1. The van der Waals surface area contributed by atoms with Crippen LogP contribution in [0.5, 0.6) is 0 Å². The fourth-order valence-corrected chi connectivity index (χ4v) is 7.48. The average Bonchev–Trinajstić information content (AvgIpc) is 3.45. The summed E-state index contributed by atoms with van der Waals surface area (Å²) < 4.78 is 0. The number of allylic oxidation sites excluding steroid dienone is 2. The zero-order valence-corrected chi connectivity index (χ0v) is 35.0. The van der Waals surface area contributed by atoms with Crippen molar-refractivity contribution in [3.63, 3.8) is 0 Å². The second-order valence-electron chi connectivity index (χ2n) is 14.8. The van der Waals surface area contributed by atoms with Gasteiger partial charge in [-0.05, 0) is 73.1 Å². The quantitative estimate of drug-likeness (QED) is 0.0817. The molecule has 0 spiro atoms. The summed E-state index contributed by atoms with van der Waals surface area (Å²) in [6.45, 7) is 21.6. The Hall–Kier alpha value is -3.11. The van der Waals surface area contributed by atoms with Gasteiger partial charge in [-0.3, -0.25) is 9.78 Å². The average molecular weight is 867 g/mol. The van der Waals surface area contributed by atoms with Gasteiger partial charge in [0.1, 0.15) is 4.83 Å². The largest absolute Gasteiger partial charge is 0.512 e. The van der Waals surface area contributed by atoms with E-state index in [2.05, 4.69) is 114 Å². The summed E-state index contributed by atoms with van der Waals surface area (Å²) in [4.78, 5) is 19.2. The van der Waals surface area contributed by atoms with Crippen molar-refractivity contribution in [2.45, 2.75) is 107 Å². The number of aliphatic hydroxyl groups excluding tert-OH is 1. The van der Waals surface area contributed by atoms with Crippen LogP contribution >= 0.6 is 11.3 Å². The maximum absolute atomic E-state index is 11.7. The van der Waals surface area contributed by atoms with E-state index in [1.54, 1.807) is 11.3 Å². The second-order valence-corrected chi connectivity index (χ2v) is 16.1. The number of aryl methyl sites for hydroxylation is 1. The first-order valence-electron chi connectivity index (χ1n) is 18.2. The van der Waals surface area contributed by atoms with Gasteiger partial charge in [-0.1, -0.05) is 122 Å². The van der Waals surface area contributed by atoms with Crippen molar-refractivity contribution in [1.29, 1.82) is 0 Å². The predicted octanol–water partition coefficient (Wildman–Crippen LogP) is 13.3. The van der Waals surface area contributed by atoms with Gasteiger partial charge in [-0.15, -0.1) is 40.5 Å². The molecule has 0 saturated carbocycles. The Labute approximate surface area is 319 Å². The van der Waals surface area contributed by atoms with Crippen LogP contribution in [-0.4, -0.2) is 15.9 Å². The summed E-state index contributed by atoms with van der Waals surface area (Å²) in [7, 11) is 0. The third-order valence-electron chi connectivity index (χ3n) is 9.48. The van der Waals surface area contributed by atoms with Crippen LogP contribution in [-0.2, 0) is 36.7 Å². The number of rotatable bonds is 11. The van der Waals surface area contributed by atoms with Crippen molar-refractivity contribution in [2.24, 2.45) is 17.8 Å². The summed E-state index contributed by atoms with van der Waals surface area (Å²) >= 11 is 1.77. The molecule has 0 aliphatic carbocycles. The van der Waals surface area contributed by atoms with E-state index in [9.17, 15) is 9.90 Å². The van der Waals surface area contributed by atoms with Crippen molar-refractivity contribution in [3.05, 3.63) is 101 Å². The van der Waals surface area contributed by atoms with E-state index in [1.165, 1.54) is 44.0 Å². The summed E-state index contributed by atoms with van der Waals surface area (Å²) in [6, 6.07) is 28.2. The molecule has 2 aromatic heterocycles. The van der Waals surface area contributed by atoms with Crippen LogP contribution in [0.3, 0.4) is 0 Å². The number of thiophene rings is 1. The Bertz CT molecular complexity index is 1890. The van der Waals surface area contributed by atoms with E-state index >= 15 is 0 Å². The SMILES string of the molecule is CCC(CC)C(=O)/C=C(\O)C(CC)CC.Cc1cc2c(-c3ccc(CC(C)C)cc3)cc(-c3[c-]c4ccccc4c(C(C)(C)C)c3)nc2s1.[Ir]. The van der Waals surface area contributed by atoms with Gasteiger partial charge in [-0.2, -0.15) is 0 Å². The molecule has 2 heterocycles. The number of nitrogens with zero attached hydrogens (tertiary/aromatic N) is 1. The van der Waals surface area contributed by atoms with Crippen LogP contribution in [0.4, 0.5) is 0 Å². The number of aromatic nitrogens is 1. The minimum Gasteiger partial charge on any atom is -0.512 e. The molecule has 0 aliphatic rings. The third kappa shape index (κ3) is 10.2. The van der Waals surface area contributed by atoms with E-state index < -0.39 is 0 Å². The van der Waals surface area contributed by atoms with Gasteiger partial charge in [0.05, 0.1) is 5.76 Å². The molecule has 5 aromatic rings. The molecule has 269 valence electrons. The summed E-state index contributed by atoms with van der Waals surface area (Å²) in [6.07, 6.45) is 6.01. The fraction of sp³-hybridized carbons (Fsp3) is 0.422. The minimum absolute atomic E-state index is 0. The fourth-order valence-electron chi connectivity index (χ4n) is 6.57. The van der Waals surface area contributed by atoms with E-state index in [1.807, 2.05) is 27.7 Å². The standard InChI is InChI=1S/C32H32NS.C13H24O2.Ir/c1-20(2)15-22-11-13-23(14-12-22)27-19-30(33-31-28(27)16-21(3)34-31)25-17-24-9-7-8-10-26(24)29(18-25)32(4,5)6;1-5-10(6-2)12(14)9-13(15)11(7-3)8-4;/h7-14,16,18-20H,15H2,1-6H3;9-11,14H,5-8H2,1-4H3;/q-1;;/b;12-9-;. The number of ketones is 1.